The number of hydrogen-bond acceptors (Lipinski definition) is 6. The number of hydrogen-bond donors (Lipinski definition) is 1. The summed E-state index contributed by atoms with van der Waals surface area (Å²) in [6, 6.07) is -0.294. The molecule has 1 aliphatic heterocycles. The molecule has 0 bridgehead atoms. The molecule has 1 aliphatic rings. The van der Waals surface area contributed by atoms with Crippen molar-refractivity contribution in [3.63, 3.8) is 0 Å². The summed E-state index contributed by atoms with van der Waals surface area (Å²) >= 11 is 1.20. The number of amides is 2. The lowest BCUT2D eigenvalue weighted by molar-refractivity contribution is 0.142. The summed E-state index contributed by atoms with van der Waals surface area (Å²) in [6.45, 7) is 3.89. The average molecular weight is 270 g/mol. The van der Waals surface area contributed by atoms with Gasteiger partial charge in [-0.05, 0) is 0 Å². The number of methoxy groups -OCH3 is 1. The average Bonchev–Trinajstić information content (AvgIpc) is 2.88. The van der Waals surface area contributed by atoms with Crippen molar-refractivity contribution in [1.82, 2.24) is 15.1 Å². The van der Waals surface area contributed by atoms with Crippen LogP contribution in [-0.2, 0) is 4.74 Å². The summed E-state index contributed by atoms with van der Waals surface area (Å²) in [5.41, 5.74) is 0. The molecule has 1 aromatic rings. The summed E-state index contributed by atoms with van der Waals surface area (Å²) < 4.78 is 5.15. The number of aliphatic hydroxyl groups is 1. The van der Waals surface area contributed by atoms with E-state index in [0.29, 0.717) is 10.1 Å². The molecule has 2 heterocycles. The topological polar surface area (TPSA) is 78.8 Å². The van der Waals surface area contributed by atoms with Crippen LogP contribution in [0.5, 0.6) is 0 Å². The normalized spacial score (nSPS) is 21.5. The van der Waals surface area contributed by atoms with Crippen molar-refractivity contribution in [2.24, 2.45) is 0 Å². The van der Waals surface area contributed by atoms with Crippen molar-refractivity contribution in [2.45, 2.75) is 12.3 Å². The van der Waals surface area contributed by atoms with Crippen molar-refractivity contribution in [3.05, 3.63) is 17.7 Å². The van der Waals surface area contributed by atoms with Gasteiger partial charge < -0.3 is 14.7 Å². The van der Waals surface area contributed by atoms with Gasteiger partial charge in [0.1, 0.15) is 6.10 Å². The molecular weight excluding hydrogens is 256 g/mol. The summed E-state index contributed by atoms with van der Waals surface area (Å²) in [7, 11) is 3.16. The number of carbonyl (C=O) groups excluding carboxylic acids is 1. The zero-order chi connectivity index (χ0) is 13.3. The maximum absolute atomic E-state index is 11.8. The van der Waals surface area contributed by atoms with Crippen molar-refractivity contribution in [1.29, 1.82) is 0 Å². The molecule has 98 valence electrons. The highest BCUT2D eigenvalue weighted by atomic mass is 32.1. The number of β-amino-alcohol motifs (C(OH)–C–C–N with tert-alkyl or cyclic N) is 1. The molecule has 1 saturated heterocycles. The van der Waals surface area contributed by atoms with E-state index in [-0.39, 0.29) is 18.7 Å². The lowest BCUT2D eigenvalue weighted by Gasteiger charge is -2.14. The fraction of sp³-hybridized carbons (Fsp3) is 0.500. The lowest BCUT2D eigenvalue weighted by Crippen LogP contribution is -2.34. The Bertz CT molecular complexity index is 464. The molecule has 1 fully saturated rings. The molecule has 8 heteroatoms. The number of aromatic nitrogens is 2. The Labute approximate surface area is 108 Å². The predicted molar refractivity (Wildman–Crippen MR) is 66.4 cm³/mol. The molecule has 7 nitrogen and oxygen atoms in total. The van der Waals surface area contributed by atoms with E-state index in [9.17, 15) is 9.90 Å². The summed E-state index contributed by atoms with van der Waals surface area (Å²) in [5, 5.41) is 18.6. The van der Waals surface area contributed by atoms with Crippen LogP contribution >= 0.6 is 11.3 Å². The summed E-state index contributed by atoms with van der Waals surface area (Å²) in [6.07, 6.45) is 0.343. The van der Waals surface area contributed by atoms with Crippen molar-refractivity contribution < 1.29 is 14.6 Å². The van der Waals surface area contributed by atoms with Gasteiger partial charge in [-0.15, -0.1) is 16.8 Å². The minimum atomic E-state index is -0.895. The first-order chi connectivity index (χ1) is 8.58. The van der Waals surface area contributed by atoms with Crippen LogP contribution in [0.4, 0.5) is 9.93 Å². The highest BCUT2D eigenvalue weighted by Crippen LogP contribution is 2.30. The zero-order valence-corrected chi connectivity index (χ0v) is 10.9. The predicted octanol–water partition coefficient (Wildman–Crippen LogP) is 0.602. The third-order valence-electron chi connectivity index (χ3n) is 2.62. The smallest absolute Gasteiger partial charge is 0.328 e. The van der Waals surface area contributed by atoms with E-state index in [0.717, 1.165) is 0 Å². The number of likely N-dealkylation sites (N-methyl/N-ethyl adjacent to an activating group) is 1. The lowest BCUT2D eigenvalue weighted by atomic mass is 10.4. The largest absolute Gasteiger partial charge is 0.371 e. The first-order valence-corrected chi connectivity index (χ1v) is 6.11. The molecule has 0 radical (unpaired) electrons. The van der Waals surface area contributed by atoms with Crippen LogP contribution in [0.3, 0.4) is 0 Å². The first-order valence-electron chi connectivity index (χ1n) is 5.29. The molecule has 0 aliphatic carbocycles. The minimum absolute atomic E-state index is 0.253. The van der Waals surface area contributed by atoms with Gasteiger partial charge in [-0.1, -0.05) is 17.4 Å². The van der Waals surface area contributed by atoms with E-state index < -0.39 is 6.23 Å². The van der Waals surface area contributed by atoms with Gasteiger partial charge in [0.15, 0.2) is 11.2 Å². The first kappa shape index (κ1) is 12.9. The highest BCUT2D eigenvalue weighted by Gasteiger charge is 2.37. The molecule has 0 aromatic carbocycles. The zero-order valence-electron chi connectivity index (χ0n) is 10.1. The van der Waals surface area contributed by atoms with E-state index in [1.54, 1.807) is 13.1 Å². The third-order valence-corrected chi connectivity index (χ3v) is 3.60. The van der Waals surface area contributed by atoms with E-state index >= 15 is 0 Å². The quantitative estimate of drug-likeness (QED) is 0.811. The Morgan fingerprint density at radius 1 is 1.67 bits per heavy atom. The standard InChI is InChI=1S/C10H14N4O3S/c1-4-6(17-3)8-11-12-9(18-8)14-7(15)5-13(2)10(14)16/h4,6-7,15H,1,5H2,2-3H3. The SMILES string of the molecule is C=CC(OC)c1nnc(N2C(=O)N(C)CC2O)s1. The maximum Gasteiger partial charge on any atom is 0.328 e. The molecule has 0 saturated carbocycles. The van der Waals surface area contributed by atoms with Gasteiger partial charge in [0.05, 0.1) is 6.54 Å². The molecule has 2 unspecified atom stereocenters. The fourth-order valence-corrected chi connectivity index (χ4v) is 2.62. The van der Waals surface area contributed by atoms with Gasteiger partial charge in [0.2, 0.25) is 5.13 Å². The molecule has 0 spiro atoms. The molecule has 2 rings (SSSR count). The van der Waals surface area contributed by atoms with E-state index in [2.05, 4.69) is 16.8 Å². The van der Waals surface area contributed by atoms with E-state index in [1.807, 2.05) is 0 Å². The van der Waals surface area contributed by atoms with Crippen LogP contribution in [0, 0.1) is 0 Å². The Morgan fingerprint density at radius 3 is 2.89 bits per heavy atom. The summed E-state index contributed by atoms with van der Waals surface area (Å²) in [4.78, 5) is 14.5. The minimum Gasteiger partial charge on any atom is -0.371 e. The second kappa shape index (κ2) is 5.01. The molecule has 1 aromatic heterocycles. The van der Waals surface area contributed by atoms with Crippen LogP contribution in [0.25, 0.3) is 0 Å². The van der Waals surface area contributed by atoms with Crippen molar-refractivity contribution in [2.75, 3.05) is 25.6 Å². The van der Waals surface area contributed by atoms with Crippen LogP contribution in [0.15, 0.2) is 12.7 Å². The van der Waals surface area contributed by atoms with Crippen LogP contribution in [-0.4, -0.2) is 53.2 Å². The van der Waals surface area contributed by atoms with Crippen LogP contribution in [0.1, 0.15) is 11.1 Å². The third kappa shape index (κ3) is 2.09. The van der Waals surface area contributed by atoms with Gasteiger partial charge >= 0.3 is 6.03 Å². The molecular formula is C10H14N4O3S. The van der Waals surface area contributed by atoms with Gasteiger partial charge in [0.25, 0.3) is 0 Å². The van der Waals surface area contributed by atoms with Gasteiger partial charge in [-0.2, -0.15) is 0 Å². The second-order valence-corrected chi connectivity index (χ2v) is 4.82. The van der Waals surface area contributed by atoms with Crippen LogP contribution in [0.2, 0.25) is 0 Å². The molecule has 1 N–H and O–H groups in total. The molecule has 2 amide bonds. The summed E-state index contributed by atoms with van der Waals surface area (Å²) in [5.74, 6) is 0. The van der Waals surface area contributed by atoms with Gasteiger partial charge in [0, 0.05) is 14.2 Å². The number of rotatable bonds is 4. The fourth-order valence-electron chi connectivity index (χ4n) is 1.66. The van der Waals surface area contributed by atoms with E-state index in [4.69, 9.17) is 4.74 Å². The number of carbonyl (C=O) groups is 1. The number of anilines is 1. The number of urea groups is 1. The highest BCUT2D eigenvalue weighted by molar-refractivity contribution is 7.15. The Balaban J connectivity index is 2.25. The van der Waals surface area contributed by atoms with E-state index in [1.165, 1.54) is 28.2 Å². The monoisotopic (exact) mass is 270 g/mol. The van der Waals surface area contributed by atoms with Gasteiger partial charge in [-0.3, -0.25) is 0 Å². The van der Waals surface area contributed by atoms with Crippen molar-refractivity contribution >= 4 is 22.5 Å². The number of nitrogens with zero attached hydrogens (tertiary/aromatic N) is 4. The Hall–Kier alpha value is -1.51. The second-order valence-electron chi connectivity index (χ2n) is 3.83. The molecule has 18 heavy (non-hydrogen) atoms. The Morgan fingerprint density at radius 2 is 2.39 bits per heavy atom. The Kier molecular flexibility index (Phi) is 3.60. The van der Waals surface area contributed by atoms with Crippen molar-refractivity contribution in [3.8, 4) is 0 Å². The number of ether oxygens (including phenoxy) is 1. The van der Waals surface area contributed by atoms with Gasteiger partial charge in [-0.25, -0.2) is 9.69 Å². The maximum atomic E-state index is 11.8. The molecule has 2 atom stereocenters. The van der Waals surface area contributed by atoms with Crippen LogP contribution < -0.4 is 4.90 Å². The number of aliphatic hydroxyl groups excluding tert-OH is 1.